The first-order chi connectivity index (χ1) is 10.1. The van der Waals surface area contributed by atoms with Crippen LogP contribution in [0.25, 0.3) is 0 Å². The average Bonchev–Trinajstić information content (AvgIpc) is 2.47. The van der Waals surface area contributed by atoms with Crippen LogP contribution in [0.15, 0.2) is 42.5 Å². The maximum absolute atomic E-state index is 8.94. The van der Waals surface area contributed by atoms with Gasteiger partial charge in [0, 0.05) is 28.3 Å². The van der Waals surface area contributed by atoms with Gasteiger partial charge < -0.3 is 15.6 Å². The van der Waals surface area contributed by atoms with E-state index < -0.39 is 0 Å². The van der Waals surface area contributed by atoms with E-state index in [0.29, 0.717) is 22.2 Å². The maximum atomic E-state index is 8.94. The van der Waals surface area contributed by atoms with E-state index in [-0.39, 0.29) is 19.3 Å². The van der Waals surface area contributed by atoms with Crippen LogP contribution in [0.4, 0.5) is 0 Å². The van der Waals surface area contributed by atoms with Crippen molar-refractivity contribution in [3.8, 4) is 5.75 Å². The Morgan fingerprint density at radius 2 is 1.76 bits per heavy atom. The summed E-state index contributed by atoms with van der Waals surface area (Å²) in [5.41, 5.74) is 7.65. The molecule has 112 valence electrons. The molecule has 21 heavy (non-hydrogen) atoms. The fraction of sp³-hybridized carbons (Fsp3) is 0.250. The number of aliphatic hydroxyl groups is 1. The summed E-state index contributed by atoms with van der Waals surface area (Å²) in [5, 5.41) is 10.1. The van der Waals surface area contributed by atoms with E-state index in [0.717, 1.165) is 11.1 Å². The van der Waals surface area contributed by atoms with E-state index in [9.17, 15) is 0 Å². The minimum Gasteiger partial charge on any atom is -0.489 e. The molecule has 1 atom stereocenters. The molecule has 0 saturated carbocycles. The van der Waals surface area contributed by atoms with Gasteiger partial charge in [-0.3, -0.25) is 0 Å². The predicted molar refractivity (Wildman–Crippen MR) is 85.9 cm³/mol. The molecule has 0 heterocycles. The highest BCUT2D eigenvalue weighted by Gasteiger charge is 2.09. The molecule has 0 bridgehead atoms. The minimum absolute atomic E-state index is 0.0570. The molecule has 5 heteroatoms. The highest BCUT2D eigenvalue weighted by molar-refractivity contribution is 6.35. The Labute approximate surface area is 134 Å². The zero-order valence-electron chi connectivity index (χ0n) is 11.4. The molecule has 0 aliphatic heterocycles. The summed E-state index contributed by atoms with van der Waals surface area (Å²) in [4.78, 5) is 0. The van der Waals surface area contributed by atoms with E-state index >= 15 is 0 Å². The number of nitrogens with two attached hydrogens (primary N) is 1. The molecule has 0 saturated heterocycles. The number of hydrogen-bond acceptors (Lipinski definition) is 3. The van der Waals surface area contributed by atoms with Gasteiger partial charge in [0.2, 0.25) is 0 Å². The van der Waals surface area contributed by atoms with Gasteiger partial charge in [0.05, 0.1) is 0 Å². The summed E-state index contributed by atoms with van der Waals surface area (Å²) >= 11 is 12.2. The van der Waals surface area contributed by atoms with E-state index in [2.05, 4.69) is 0 Å². The zero-order valence-corrected chi connectivity index (χ0v) is 12.9. The number of hydrogen-bond donors (Lipinski definition) is 2. The average molecular weight is 326 g/mol. The van der Waals surface area contributed by atoms with Crippen molar-refractivity contribution < 1.29 is 9.84 Å². The Balaban J connectivity index is 2.08. The van der Waals surface area contributed by atoms with Crippen molar-refractivity contribution in [3.05, 3.63) is 63.6 Å². The van der Waals surface area contributed by atoms with Crippen molar-refractivity contribution in [1.29, 1.82) is 0 Å². The molecule has 0 aliphatic carbocycles. The predicted octanol–water partition coefficient (Wildman–Crippen LogP) is 3.95. The summed E-state index contributed by atoms with van der Waals surface area (Å²) in [6.45, 7) is 0.346. The van der Waals surface area contributed by atoms with Gasteiger partial charge in [-0.05, 0) is 36.2 Å². The molecule has 0 spiro atoms. The first kappa shape index (κ1) is 16.1. The molecule has 2 aromatic rings. The number of ether oxygens (including phenoxy) is 1. The number of rotatable bonds is 6. The Kier molecular flexibility index (Phi) is 5.88. The van der Waals surface area contributed by atoms with Crippen LogP contribution < -0.4 is 10.5 Å². The van der Waals surface area contributed by atoms with Crippen LogP contribution >= 0.6 is 23.2 Å². The Morgan fingerprint density at radius 1 is 1.10 bits per heavy atom. The summed E-state index contributed by atoms with van der Waals surface area (Å²) in [5.74, 6) is 0.692. The van der Waals surface area contributed by atoms with Crippen molar-refractivity contribution in [3.63, 3.8) is 0 Å². The van der Waals surface area contributed by atoms with Gasteiger partial charge in [-0.2, -0.15) is 0 Å². The summed E-state index contributed by atoms with van der Waals surface area (Å²) in [6, 6.07) is 12.6. The van der Waals surface area contributed by atoms with Crippen molar-refractivity contribution in [2.75, 3.05) is 6.61 Å². The molecular formula is C16H17Cl2NO2. The standard InChI is InChI=1S/C16H17Cl2NO2/c17-14-5-2-6-15(18)13(14)10-21-12-4-1-3-11(9-12)16(19)7-8-20/h1-6,9,16,20H,7-8,10,19H2. The second-order valence-electron chi connectivity index (χ2n) is 4.68. The molecule has 2 aromatic carbocycles. The van der Waals surface area contributed by atoms with Crippen LogP contribution in [0.2, 0.25) is 10.0 Å². The molecule has 3 N–H and O–H groups in total. The van der Waals surface area contributed by atoms with Crippen molar-refractivity contribution in [2.24, 2.45) is 5.73 Å². The second-order valence-corrected chi connectivity index (χ2v) is 5.49. The van der Waals surface area contributed by atoms with E-state index in [1.807, 2.05) is 24.3 Å². The van der Waals surface area contributed by atoms with E-state index in [4.69, 9.17) is 38.8 Å². The lowest BCUT2D eigenvalue weighted by Gasteiger charge is -2.13. The molecule has 0 fully saturated rings. The van der Waals surface area contributed by atoms with Gasteiger partial charge in [-0.15, -0.1) is 0 Å². The molecule has 3 nitrogen and oxygen atoms in total. The smallest absolute Gasteiger partial charge is 0.120 e. The van der Waals surface area contributed by atoms with E-state index in [1.165, 1.54) is 0 Å². The monoisotopic (exact) mass is 325 g/mol. The molecule has 0 aliphatic rings. The third-order valence-corrected chi connectivity index (χ3v) is 3.88. The van der Waals surface area contributed by atoms with Crippen LogP contribution in [0, 0.1) is 0 Å². The Bertz CT molecular complexity index is 584. The molecule has 2 rings (SSSR count). The number of benzene rings is 2. The molecule has 0 radical (unpaired) electrons. The number of aliphatic hydroxyl groups excluding tert-OH is 1. The lowest BCUT2D eigenvalue weighted by atomic mass is 10.1. The molecule has 1 unspecified atom stereocenters. The fourth-order valence-corrected chi connectivity index (χ4v) is 2.47. The SMILES string of the molecule is NC(CCO)c1cccc(OCc2c(Cl)cccc2Cl)c1. The first-order valence-electron chi connectivity index (χ1n) is 6.64. The van der Waals surface area contributed by atoms with Gasteiger partial charge >= 0.3 is 0 Å². The van der Waals surface area contributed by atoms with Crippen LogP contribution in [0.5, 0.6) is 5.75 Å². The van der Waals surface area contributed by atoms with E-state index in [1.54, 1.807) is 18.2 Å². The minimum atomic E-state index is -0.206. The van der Waals surface area contributed by atoms with Crippen LogP contribution in [0.1, 0.15) is 23.6 Å². The summed E-state index contributed by atoms with van der Waals surface area (Å²) in [6.07, 6.45) is 0.514. The summed E-state index contributed by atoms with van der Waals surface area (Å²) in [7, 11) is 0. The highest BCUT2D eigenvalue weighted by atomic mass is 35.5. The Hall–Kier alpha value is -1.26. The lowest BCUT2D eigenvalue weighted by molar-refractivity contribution is 0.276. The van der Waals surface area contributed by atoms with Crippen molar-refractivity contribution in [2.45, 2.75) is 19.1 Å². The van der Waals surface area contributed by atoms with Crippen molar-refractivity contribution >= 4 is 23.2 Å². The molecular weight excluding hydrogens is 309 g/mol. The fourth-order valence-electron chi connectivity index (χ4n) is 1.97. The van der Waals surface area contributed by atoms with Gasteiger partial charge in [0.25, 0.3) is 0 Å². The van der Waals surface area contributed by atoms with Crippen LogP contribution in [-0.4, -0.2) is 11.7 Å². The second kappa shape index (κ2) is 7.66. The van der Waals surface area contributed by atoms with Crippen molar-refractivity contribution in [1.82, 2.24) is 0 Å². The highest BCUT2D eigenvalue weighted by Crippen LogP contribution is 2.26. The van der Waals surface area contributed by atoms with Gasteiger partial charge in [0.15, 0.2) is 0 Å². The van der Waals surface area contributed by atoms with Gasteiger partial charge in [-0.25, -0.2) is 0 Å². The zero-order chi connectivity index (χ0) is 15.2. The largest absolute Gasteiger partial charge is 0.489 e. The molecule has 0 aromatic heterocycles. The van der Waals surface area contributed by atoms with Crippen LogP contribution in [0.3, 0.4) is 0 Å². The molecule has 0 amide bonds. The normalized spacial score (nSPS) is 12.2. The third-order valence-electron chi connectivity index (χ3n) is 3.17. The summed E-state index contributed by atoms with van der Waals surface area (Å²) < 4.78 is 5.74. The quantitative estimate of drug-likeness (QED) is 0.845. The topological polar surface area (TPSA) is 55.5 Å². The maximum Gasteiger partial charge on any atom is 0.120 e. The first-order valence-corrected chi connectivity index (χ1v) is 7.39. The van der Waals surface area contributed by atoms with Gasteiger partial charge in [0.1, 0.15) is 12.4 Å². The van der Waals surface area contributed by atoms with Crippen LogP contribution in [-0.2, 0) is 6.61 Å². The Morgan fingerprint density at radius 3 is 2.43 bits per heavy atom. The van der Waals surface area contributed by atoms with Gasteiger partial charge in [-0.1, -0.05) is 41.4 Å². The third kappa shape index (κ3) is 4.35. The number of halogens is 2. The lowest BCUT2D eigenvalue weighted by Crippen LogP contribution is -2.11.